The van der Waals surface area contributed by atoms with Gasteiger partial charge in [0.2, 0.25) is 0 Å². The predicted octanol–water partition coefficient (Wildman–Crippen LogP) is 3.53. The Morgan fingerprint density at radius 2 is 2.05 bits per heavy atom. The summed E-state index contributed by atoms with van der Waals surface area (Å²) in [5, 5.41) is 4.16. The number of anilines is 1. The van der Waals surface area contributed by atoms with Crippen molar-refractivity contribution in [1.82, 2.24) is 4.98 Å². The van der Waals surface area contributed by atoms with Crippen LogP contribution in [-0.2, 0) is 9.47 Å². The van der Waals surface area contributed by atoms with Crippen LogP contribution >= 0.6 is 0 Å². The van der Waals surface area contributed by atoms with Gasteiger partial charge in [0.25, 0.3) is 0 Å². The van der Waals surface area contributed by atoms with Gasteiger partial charge in [-0.3, -0.25) is 0 Å². The summed E-state index contributed by atoms with van der Waals surface area (Å²) in [5.41, 5.74) is 2.14. The molecular formula is C16H22N2O3. The van der Waals surface area contributed by atoms with Crippen LogP contribution in [0.25, 0.3) is 10.9 Å². The topological polar surface area (TPSA) is 63.4 Å². The zero-order valence-corrected chi connectivity index (χ0v) is 12.9. The quantitative estimate of drug-likeness (QED) is 0.653. The second-order valence-electron chi connectivity index (χ2n) is 5.78. The first kappa shape index (κ1) is 15.4. The van der Waals surface area contributed by atoms with E-state index >= 15 is 0 Å². The van der Waals surface area contributed by atoms with Crippen molar-refractivity contribution in [2.75, 3.05) is 18.7 Å². The molecule has 0 aliphatic heterocycles. The number of aromatic nitrogens is 1. The number of esters is 1. The van der Waals surface area contributed by atoms with Gasteiger partial charge < -0.3 is 19.8 Å². The normalized spacial score (nSPS) is 11.6. The first-order valence-corrected chi connectivity index (χ1v) is 7.07. The molecule has 2 N–H and O–H groups in total. The van der Waals surface area contributed by atoms with Crippen LogP contribution in [-0.4, -0.2) is 29.9 Å². The largest absolute Gasteiger partial charge is 0.461 e. The number of ether oxygens (including phenoxy) is 2. The second kappa shape index (κ2) is 6.18. The number of aromatic amines is 1. The molecule has 1 aromatic heterocycles. The molecule has 1 heterocycles. The minimum Gasteiger partial charge on any atom is -0.461 e. The van der Waals surface area contributed by atoms with Crippen molar-refractivity contribution in [3.05, 3.63) is 30.0 Å². The molecule has 0 atom stereocenters. The molecule has 0 unspecified atom stereocenters. The standard InChI is InChI=1S/C16H22N2O3/c1-5-20-15(19)14-9-11-8-12(6-7-13(11)18-14)17-10-21-16(2,3)4/h6-9,17-18H,5,10H2,1-4H3. The number of carbonyl (C=O) groups excluding carboxylic acids is 1. The molecule has 0 fully saturated rings. The average Bonchev–Trinajstić information content (AvgIpc) is 2.80. The number of benzene rings is 1. The van der Waals surface area contributed by atoms with Gasteiger partial charge in [0.1, 0.15) is 12.4 Å². The van der Waals surface area contributed by atoms with Crippen LogP contribution in [0.5, 0.6) is 0 Å². The third-order valence-electron chi connectivity index (χ3n) is 2.90. The van der Waals surface area contributed by atoms with Gasteiger partial charge in [0.05, 0.1) is 12.2 Å². The number of hydrogen-bond acceptors (Lipinski definition) is 4. The number of rotatable bonds is 5. The molecule has 5 nitrogen and oxygen atoms in total. The van der Waals surface area contributed by atoms with Gasteiger partial charge in [-0.15, -0.1) is 0 Å². The van der Waals surface area contributed by atoms with E-state index in [1.165, 1.54) is 0 Å². The van der Waals surface area contributed by atoms with Crippen LogP contribution in [0, 0.1) is 0 Å². The number of fused-ring (bicyclic) bond motifs is 1. The molecular weight excluding hydrogens is 268 g/mol. The number of hydrogen-bond donors (Lipinski definition) is 2. The lowest BCUT2D eigenvalue weighted by molar-refractivity contribution is 0.00846. The van der Waals surface area contributed by atoms with Gasteiger partial charge in [-0.1, -0.05) is 0 Å². The van der Waals surface area contributed by atoms with E-state index in [1.54, 1.807) is 13.0 Å². The van der Waals surface area contributed by atoms with E-state index in [-0.39, 0.29) is 11.6 Å². The lowest BCUT2D eigenvalue weighted by atomic mass is 10.2. The van der Waals surface area contributed by atoms with E-state index in [4.69, 9.17) is 9.47 Å². The summed E-state index contributed by atoms with van der Waals surface area (Å²) in [7, 11) is 0. The maximum absolute atomic E-state index is 11.7. The zero-order valence-electron chi connectivity index (χ0n) is 12.9. The number of nitrogens with one attached hydrogen (secondary N) is 2. The SMILES string of the molecule is CCOC(=O)c1cc2cc(NCOC(C)(C)C)ccc2[nH]1. The highest BCUT2D eigenvalue weighted by Gasteiger charge is 2.11. The highest BCUT2D eigenvalue weighted by atomic mass is 16.5. The average molecular weight is 290 g/mol. The highest BCUT2D eigenvalue weighted by Crippen LogP contribution is 2.21. The highest BCUT2D eigenvalue weighted by molar-refractivity contribution is 5.95. The molecule has 2 rings (SSSR count). The molecule has 0 bridgehead atoms. The molecule has 5 heteroatoms. The van der Waals surface area contributed by atoms with Crippen molar-refractivity contribution in [3.63, 3.8) is 0 Å². The van der Waals surface area contributed by atoms with E-state index in [1.807, 2.05) is 39.0 Å². The summed E-state index contributed by atoms with van der Waals surface area (Å²) in [6, 6.07) is 7.64. The van der Waals surface area contributed by atoms with Crippen LogP contribution in [0.3, 0.4) is 0 Å². The molecule has 0 amide bonds. The van der Waals surface area contributed by atoms with Crippen molar-refractivity contribution in [2.45, 2.75) is 33.3 Å². The second-order valence-corrected chi connectivity index (χ2v) is 5.78. The number of carbonyl (C=O) groups is 1. The number of H-pyrrole nitrogens is 1. The van der Waals surface area contributed by atoms with Crippen LogP contribution in [0.4, 0.5) is 5.69 Å². The summed E-state index contributed by atoms with van der Waals surface area (Å²) < 4.78 is 10.6. The first-order valence-electron chi connectivity index (χ1n) is 7.07. The molecule has 114 valence electrons. The molecule has 21 heavy (non-hydrogen) atoms. The van der Waals surface area contributed by atoms with Crippen molar-refractivity contribution in [2.24, 2.45) is 0 Å². The smallest absolute Gasteiger partial charge is 0.354 e. The molecule has 1 aromatic carbocycles. The zero-order chi connectivity index (χ0) is 15.5. The Morgan fingerprint density at radius 1 is 1.29 bits per heavy atom. The first-order chi connectivity index (χ1) is 9.89. The lowest BCUT2D eigenvalue weighted by Gasteiger charge is -2.20. The summed E-state index contributed by atoms with van der Waals surface area (Å²) in [4.78, 5) is 14.7. The minimum absolute atomic E-state index is 0.178. The van der Waals surface area contributed by atoms with E-state index in [2.05, 4.69) is 10.3 Å². The molecule has 0 aliphatic carbocycles. The van der Waals surface area contributed by atoms with Crippen molar-refractivity contribution < 1.29 is 14.3 Å². The van der Waals surface area contributed by atoms with Crippen LogP contribution in [0.1, 0.15) is 38.2 Å². The van der Waals surface area contributed by atoms with Gasteiger partial charge in [-0.25, -0.2) is 4.79 Å². The van der Waals surface area contributed by atoms with Crippen molar-refractivity contribution in [1.29, 1.82) is 0 Å². The van der Waals surface area contributed by atoms with Crippen LogP contribution < -0.4 is 5.32 Å². The fourth-order valence-corrected chi connectivity index (χ4v) is 1.90. The molecule has 0 aliphatic rings. The van der Waals surface area contributed by atoms with E-state index in [0.29, 0.717) is 19.0 Å². The van der Waals surface area contributed by atoms with Crippen molar-refractivity contribution >= 4 is 22.6 Å². The summed E-state index contributed by atoms with van der Waals surface area (Å²) >= 11 is 0. The van der Waals surface area contributed by atoms with E-state index < -0.39 is 0 Å². The predicted molar refractivity (Wildman–Crippen MR) is 83.6 cm³/mol. The molecule has 0 radical (unpaired) electrons. The lowest BCUT2D eigenvalue weighted by Crippen LogP contribution is -2.23. The Kier molecular flexibility index (Phi) is 4.53. The Bertz CT molecular complexity index is 626. The van der Waals surface area contributed by atoms with Crippen LogP contribution in [0.15, 0.2) is 24.3 Å². The summed E-state index contributed by atoms with van der Waals surface area (Å²) in [6.07, 6.45) is 0. The summed E-state index contributed by atoms with van der Waals surface area (Å²) in [5.74, 6) is -0.334. The fourth-order valence-electron chi connectivity index (χ4n) is 1.90. The van der Waals surface area contributed by atoms with E-state index in [0.717, 1.165) is 16.6 Å². The Hall–Kier alpha value is -2.01. The Morgan fingerprint density at radius 3 is 2.71 bits per heavy atom. The Balaban J connectivity index is 2.09. The fraction of sp³-hybridized carbons (Fsp3) is 0.438. The van der Waals surface area contributed by atoms with Crippen LogP contribution in [0.2, 0.25) is 0 Å². The molecule has 0 saturated carbocycles. The molecule has 0 spiro atoms. The van der Waals surface area contributed by atoms with E-state index in [9.17, 15) is 4.79 Å². The molecule has 2 aromatic rings. The summed E-state index contributed by atoms with van der Waals surface area (Å²) in [6.45, 7) is 8.62. The van der Waals surface area contributed by atoms with Gasteiger partial charge in [0.15, 0.2) is 0 Å². The van der Waals surface area contributed by atoms with Gasteiger partial charge in [-0.2, -0.15) is 0 Å². The van der Waals surface area contributed by atoms with Crippen molar-refractivity contribution in [3.8, 4) is 0 Å². The van der Waals surface area contributed by atoms with Gasteiger partial charge in [0, 0.05) is 16.6 Å². The Labute approximate surface area is 124 Å². The third-order valence-corrected chi connectivity index (χ3v) is 2.90. The van der Waals surface area contributed by atoms with Gasteiger partial charge in [-0.05, 0) is 52.0 Å². The van der Waals surface area contributed by atoms with Gasteiger partial charge >= 0.3 is 5.97 Å². The maximum atomic E-state index is 11.7. The minimum atomic E-state index is -0.334. The monoisotopic (exact) mass is 290 g/mol. The molecule has 0 saturated heterocycles. The third kappa shape index (κ3) is 4.23. The maximum Gasteiger partial charge on any atom is 0.354 e.